The van der Waals surface area contributed by atoms with Gasteiger partial charge in [0.1, 0.15) is 11.8 Å². The summed E-state index contributed by atoms with van der Waals surface area (Å²) >= 11 is 1.26. The molecule has 11 heteroatoms. The number of carbonyl (C=O) groups is 2. The first-order chi connectivity index (χ1) is 18.8. The van der Waals surface area contributed by atoms with Gasteiger partial charge in [-0.2, -0.15) is 5.26 Å². The van der Waals surface area contributed by atoms with E-state index in [0.29, 0.717) is 51.1 Å². The van der Waals surface area contributed by atoms with Crippen LogP contribution in [0.4, 0.5) is 13.9 Å². The van der Waals surface area contributed by atoms with Crippen LogP contribution in [0.15, 0.2) is 54.7 Å². The van der Waals surface area contributed by atoms with Crippen molar-refractivity contribution < 1.29 is 23.1 Å². The number of pyridine rings is 1. The van der Waals surface area contributed by atoms with Crippen LogP contribution in [0.5, 0.6) is 5.75 Å². The van der Waals surface area contributed by atoms with Crippen LogP contribution in [0.2, 0.25) is 0 Å². The predicted molar refractivity (Wildman–Crippen MR) is 141 cm³/mol. The molecule has 4 aromatic rings. The smallest absolute Gasteiger partial charge is 0.263 e. The number of aryl methyl sites for hydroxylation is 1. The van der Waals surface area contributed by atoms with Crippen molar-refractivity contribution in [3.8, 4) is 22.9 Å². The molecule has 0 saturated heterocycles. The molecular formula is C28H21F2N5O3S. The lowest BCUT2D eigenvalue weighted by atomic mass is 9.97. The van der Waals surface area contributed by atoms with Gasteiger partial charge in [-0.05, 0) is 31.2 Å². The van der Waals surface area contributed by atoms with Gasteiger partial charge in [0.05, 0.1) is 41.9 Å². The first-order valence-corrected chi connectivity index (χ1v) is 12.6. The molecule has 0 radical (unpaired) electrons. The number of nitrogens with one attached hydrogen (secondary N) is 1. The molecule has 196 valence electrons. The molecule has 0 fully saturated rings. The van der Waals surface area contributed by atoms with Gasteiger partial charge in [0, 0.05) is 34.1 Å². The lowest BCUT2D eigenvalue weighted by molar-refractivity contribution is 0.0750. The van der Waals surface area contributed by atoms with E-state index in [0.717, 1.165) is 4.88 Å². The summed E-state index contributed by atoms with van der Waals surface area (Å²) in [5, 5.41) is 12.7. The van der Waals surface area contributed by atoms with Crippen molar-refractivity contribution in [2.24, 2.45) is 0 Å². The van der Waals surface area contributed by atoms with Crippen molar-refractivity contribution in [3.63, 3.8) is 0 Å². The number of ether oxygens (including phenoxy) is 1. The Morgan fingerprint density at radius 2 is 1.92 bits per heavy atom. The van der Waals surface area contributed by atoms with E-state index >= 15 is 0 Å². The van der Waals surface area contributed by atoms with Crippen LogP contribution in [-0.4, -0.2) is 33.8 Å². The SMILES string of the molecule is COc1c(C#N)cccc1-c1cc(C)ncc1C(=O)Nc1nc2c(s1)CN(C(=O)c1ccc(C(F)F)cc1)C2. The molecule has 2 amide bonds. The summed E-state index contributed by atoms with van der Waals surface area (Å²) in [7, 11) is 1.47. The number of amides is 2. The summed E-state index contributed by atoms with van der Waals surface area (Å²) < 4.78 is 31.1. The number of carbonyl (C=O) groups excluding carboxylic acids is 2. The van der Waals surface area contributed by atoms with Crippen LogP contribution in [0.25, 0.3) is 11.1 Å². The number of nitriles is 1. The van der Waals surface area contributed by atoms with Crippen molar-refractivity contribution >= 4 is 28.3 Å². The van der Waals surface area contributed by atoms with Crippen LogP contribution in [-0.2, 0) is 13.1 Å². The van der Waals surface area contributed by atoms with Crippen LogP contribution in [0, 0.1) is 18.3 Å². The Hall–Kier alpha value is -4.69. The summed E-state index contributed by atoms with van der Waals surface area (Å²) in [6, 6.07) is 14.3. The van der Waals surface area contributed by atoms with Crippen molar-refractivity contribution in [2.45, 2.75) is 26.4 Å². The maximum atomic E-state index is 13.3. The molecular weight excluding hydrogens is 524 g/mol. The van der Waals surface area contributed by atoms with Gasteiger partial charge in [-0.15, -0.1) is 0 Å². The Kier molecular flexibility index (Phi) is 7.04. The number of rotatable bonds is 6. The van der Waals surface area contributed by atoms with Crippen LogP contribution < -0.4 is 10.1 Å². The number of methoxy groups -OCH3 is 1. The number of nitrogens with zero attached hydrogens (tertiary/aromatic N) is 4. The average Bonchev–Trinajstić information content (AvgIpc) is 3.50. The molecule has 0 bridgehead atoms. The third-order valence-corrected chi connectivity index (χ3v) is 7.28. The van der Waals surface area contributed by atoms with E-state index in [9.17, 15) is 23.6 Å². The maximum Gasteiger partial charge on any atom is 0.263 e. The summed E-state index contributed by atoms with van der Waals surface area (Å²) in [6.07, 6.45) is -1.12. The van der Waals surface area contributed by atoms with E-state index in [-0.39, 0.29) is 23.6 Å². The molecule has 0 atom stereocenters. The molecule has 3 heterocycles. The molecule has 0 unspecified atom stereocenters. The van der Waals surface area contributed by atoms with E-state index < -0.39 is 12.3 Å². The van der Waals surface area contributed by atoms with E-state index in [1.807, 2.05) is 0 Å². The Labute approximate surface area is 226 Å². The second-order valence-corrected chi connectivity index (χ2v) is 9.88. The highest BCUT2D eigenvalue weighted by molar-refractivity contribution is 7.16. The standard InChI is InChI=1S/C28H21F2N5O3S/c1-15-10-20(19-5-3-4-18(11-31)24(19)38-2)21(12-32-15)26(36)34-28-33-22-13-35(14-23(22)39-28)27(37)17-8-6-16(7-9-17)25(29)30/h3-10,12,25H,13-14H2,1-2H3,(H,33,34,36). The van der Waals surface area contributed by atoms with E-state index in [1.165, 1.54) is 48.9 Å². The number of hydrogen-bond acceptors (Lipinski definition) is 7. The third-order valence-electron chi connectivity index (χ3n) is 6.29. The summed E-state index contributed by atoms with van der Waals surface area (Å²) in [5.74, 6) is -0.349. The third kappa shape index (κ3) is 5.06. The monoisotopic (exact) mass is 545 g/mol. The second kappa shape index (κ2) is 10.6. The zero-order chi connectivity index (χ0) is 27.7. The quantitative estimate of drug-likeness (QED) is 0.331. The van der Waals surface area contributed by atoms with Crippen LogP contribution >= 0.6 is 11.3 Å². The topological polar surface area (TPSA) is 108 Å². The molecule has 5 rings (SSSR count). The predicted octanol–water partition coefficient (Wildman–Crippen LogP) is 5.74. The number of hydrogen-bond donors (Lipinski definition) is 1. The van der Waals surface area contributed by atoms with E-state index in [1.54, 1.807) is 36.1 Å². The van der Waals surface area contributed by atoms with Crippen molar-refractivity contribution in [3.05, 3.63) is 93.2 Å². The van der Waals surface area contributed by atoms with Gasteiger partial charge < -0.3 is 9.64 Å². The van der Waals surface area contributed by atoms with Crippen LogP contribution in [0.3, 0.4) is 0 Å². The molecule has 2 aromatic heterocycles. The van der Waals surface area contributed by atoms with Gasteiger partial charge in [-0.3, -0.25) is 19.9 Å². The van der Waals surface area contributed by atoms with Crippen molar-refractivity contribution in [1.29, 1.82) is 5.26 Å². The Morgan fingerprint density at radius 1 is 1.15 bits per heavy atom. The number of halogens is 2. The van der Waals surface area contributed by atoms with Gasteiger partial charge in [0.25, 0.3) is 18.2 Å². The summed E-state index contributed by atoms with van der Waals surface area (Å²) in [6.45, 7) is 2.35. The largest absolute Gasteiger partial charge is 0.495 e. The fourth-order valence-corrected chi connectivity index (χ4v) is 5.36. The molecule has 39 heavy (non-hydrogen) atoms. The first kappa shape index (κ1) is 25.9. The normalized spacial score (nSPS) is 12.3. The molecule has 0 saturated carbocycles. The highest BCUT2D eigenvalue weighted by atomic mass is 32.1. The summed E-state index contributed by atoms with van der Waals surface area (Å²) in [5.41, 5.74) is 3.31. The second-order valence-electron chi connectivity index (χ2n) is 8.80. The fourth-order valence-electron chi connectivity index (χ4n) is 4.38. The lowest BCUT2D eigenvalue weighted by Gasteiger charge is -2.16. The minimum absolute atomic E-state index is 0.141. The van der Waals surface area contributed by atoms with Gasteiger partial charge in [0.2, 0.25) is 0 Å². The van der Waals surface area contributed by atoms with E-state index in [2.05, 4.69) is 21.4 Å². The van der Waals surface area contributed by atoms with Crippen molar-refractivity contribution in [1.82, 2.24) is 14.9 Å². The maximum absolute atomic E-state index is 13.3. The number of para-hydroxylation sites is 1. The van der Waals surface area contributed by atoms with E-state index in [4.69, 9.17) is 4.74 Å². The average molecular weight is 546 g/mol. The number of thiazole rings is 1. The zero-order valence-corrected chi connectivity index (χ0v) is 21.7. The molecule has 8 nitrogen and oxygen atoms in total. The van der Waals surface area contributed by atoms with Gasteiger partial charge >= 0.3 is 0 Å². The Balaban J connectivity index is 1.34. The molecule has 1 aliphatic heterocycles. The van der Waals surface area contributed by atoms with Gasteiger partial charge in [-0.1, -0.05) is 35.6 Å². The fraction of sp³-hybridized carbons (Fsp3) is 0.179. The number of fused-ring (bicyclic) bond motifs is 1. The highest BCUT2D eigenvalue weighted by Gasteiger charge is 2.29. The minimum atomic E-state index is -2.60. The Morgan fingerprint density at radius 3 is 2.59 bits per heavy atom. The highest BCUT2D eigenvalue weighted by Crippen LogP contribution is 2.36. The van der Waals surface area contributed by atoms with Gasteiger partial charge in [-0.25, -0.2) is 13.8 Å². The molecule has 0 spiro atoms. The summed E-state index contributed by atoms with van der Waals surface area (Å²) in [4.78, 5) is 37.4. The molecule has 1 aliphatic rings. The first-order valence-electron chi connectivity index (χ1n) is 11.8. The minimum Gasteiger partial charge on any atom is -0.495 e. The van der Waals surface area contributed by atoms with Crippen LogP contribution in [0.1, 0.15) is 54.5 Å². The molecule has 1 N–H and O–H groups in total. The number of anilines is 1. The number of benzene rings is 2. The zero-order valence-electron chi connectivity index (χ0n) is 20.9. The van der Waals surface area contributed by atoms with Gasteiger partial charge in [0.15, 0.2) is 5.13 Å². The van der Waals surface area contributed by atoms with Crippen molar-refractivity contribution in [2.75, 3.05) is 12.4 Å². The molecule has 2 aromatic carbocycles. The number of alkyl halides is 2. The lowest BCUT2D eigenvalue weighted by Crippen LogP contribution is -2.25. The molecule has 0 aliphatic carbocycles. The number of aromatic nitrogens is 2. The Bertz CT molecular complexity index is 1610.